The quantitative estimate of drug-likeness (QED) is 0.119. The normalized spacial score (nSPS) is 17.2. The first-order valence-electron chi connectivity index (χ1n) is 18.1. The standard InChI is InChI=1S/C43H41F3N3O5P/c44-43(45,46)52-40-15-9-10-34(26-40)30-49-41(36-22-16-32(17-23-36)29-48-24-7-8-25-48)27-37(35-20-18-33(31-50)19-21-35)28-42(49)47-55(51,53-38-11-3-1-4-12-38)54-39-13-5-2-6-14-39/h1-6,9-23,26-27,41,50H,7-8,24-25,28-31H2/b47-42-. The number of benzene rings is 5. The minimum absolute atomic E-state index is 0.0813. The fourth-order valence-electron chi connectivity index (χ4n) is 6.84. The molecular weight excluding hydrogens is 726 g/mol. The van der Waals surface area contributed by atoms with E-state index in [1.165, 1.54) is 36.6 Å². The molecule has 0 radical (unpaired) electrons. The maximum Gasteiger partial charge on any atom is 0.573 e. The van der Waals surface area contributed by atoms with Gasteiger partial charge in [-0.15, -0.1) is 17.9 Å². The van der Waals surface area contributed by atoms with Gasteiger partial charge in [-0.3, -0.25) is 4.90 Å². The van der Waals surface area contributed by atoms with Crippen molar-refractivity contribution < 1.29 is 36.6 Å². The Kier molecular flexibility index (Phi) is 11.7. The van der Waals surface area contributed by atoms with Crippen molar-refractivity contribution in [1.29, 1.82) is 0 Å². The molecule has 284 valence electrons. The number of ether oxygens (including phenoxy) is 1. The van der Waals surface area contributed by atoms with E-state index in [4.69, 9.17) is 13.8 Å². The van der Waals surface area contributed by atoms with Crippen molar-refractivity contribution in [3.63, 3.8) is 0 Å². The second-order valence-corrected chi connectivity index (χ2v) is 15.0. The Labute approximate surface area is 318 Å². The van der Waals surface area contributed by atoms with Gasteiger partial charge in [-0.05, 0) is 95.7 Å². The minimum atomic E-state index is -4.87. The van der Waals surface area contributed by atoms with Crippen LogP contribution in [0.2, 0.25) is 0 Å². The first kappa shape index (κ1) is 37.9. The van der Waals surface area contributed by atoms with Gasteiger partial charge in [-0.25, -0.2) is 4.57 Å². The fraction of sp³-hybridized carbons (Fsp3) is 0.233. The van der Waals surface area contributed by atoms with E-state index in [1.54, 1.807) is 66.7 Å². The van der Waals surface area contributed by atoms with Gasteiger partial charge in [0, 0.05) is 19.5 Å². The third-order valence-corrected chi connectivity index (χ3v) is 10.8. The molecule has 0 amide bonds. The Morgan fingerprint density at radius 2 is 1.31 bits per heavy atom. The van der Waals surface area contributed by atoms with Gasteiger partial charge in [0.1, 0.15) is 23.1 Å². The van der Waals surface area contributed by atoms with Crippen molar-refractivity contribution in [2.45, 2.75) is 51.4 Å². The van der Waals surface area contributed by atoms with Crippen LogP contribution in [0.15, 0.2) is 144 Å². The number of para-hydroxylation sites is 2. The highest BCUT2D eigenvalue weighted by atomic mass is 31.2. The predicted molar refractivity (Wildman–Crippen MR) is 207 cm³/mol. The van der Waals surface area contributed by atoms with Gasteiger partial charge in [0.15, 0.2) is 0 Å². The molecule has 0 aliphatic carbocycles. The Hall–Kier alpha value is -5.35. The van der Waals surface area contributed by atoms with Crippen molar-refractivity contribution in [3.8, 4) is 17.2 Å². The second kappa shape index (κ2) is 17.0. The first-order chi connectivity index (χ1) is 26.6. The van der Waals surface area contributed by atoms with Crippen LogP contribution in [0.4, 0.5) is 13.2 Å². The fourth-order valence-corrected chi connectivity index (χ4v) is 8.20. The van der Waals surface area contributed by atoms with Crippen LogP contribution in [0.5, 0.6) is 17.2 Å². The Morgan fingerprint density at radius 1 is 0.709 bits per heavy atom. The minimum Gasteiger partial charge on any atom is -0.406 e. The Balaban J connectivity index is 1.35. The largest absolute Gasteiger partial charge is 0.573 e. The summed E-state index contributed by atoms with van der Waals surface area (Å²) in [5, 5.41) is 9.74. The zero-order chi connectivity index (χ0) is 38.3. The summed E-state index contributed by atoms with van der Waals surface area (Å²) >= 11 is 0. The maximum absolute atomic E-state index is 15.0. The number of hydrogen-bond donors (Lipinski definition) is 1. The molecule has 55 heavy (non-hydrogen) atoms. The monoisotopic (exact) mass is 767 g/mol. The molecule has 7 rings (SSSR count). The number of hydrogen-bond acceptors (Lipinski definition) is 6. The lowest BCUT2D eigenvalue weighted by atomic mass is 9.90. The lowest BCUT2D eigenvalue weighted by molar-refractivity contribution is -0.274. The van der Waals surface area contributed by atoms with Crippen LogP contribution in [-0.2, 0) is 24.3 Å². The zero-order valence-electron chi connectivity index (χ0n) is 30.0. The molecule has 2 heterocycles. The highest BCUT2D eigenvalue weighted by Gasteiger charge is 2.36. The average Bonchev–Trinajstić information content (AvgIpc) is 3.69. The molecule has 1 N–H and O–H groups in total. The van der Waals surface area contributed by atoms with Crippen LogP contribution in [0.3, 0.4) is 0 Å². The van der Waals surface area contributed by atoms with Crippen LogP contribution in [0.1, 0.15) is 53.1 Å². The van der Waals surface area contributed by atoms with E-state index in [1.807, 2.05) is 29.2 Å². The number of nitrogens with zero attached hydrogens (tertiary/aromatic N) is 3. The highest BCUT2D eigenvalue weighted by Crippen LogP contribution is 2.52. The molecule has 1 saturated heterocycles. The number of halogens is 3. The van der Waals surface area contributed by atoms with Gasteiger partial charge in [-0.2, -0.15) is 0 Å². The van der Waals surface area contributed by atoms with Crippen molar-refractivity contribution in [2.24, 2.45) is 4.76 Å². The molecule has 1 fully saturated rings. The van der Waals surface area contributed by atoms with E-state index in [-0.39, 0.29) is 36.8 Å². The molecular formula is C43H41F3N3O5P. The number of amidine groups is 1. The lowest BCUT2D eigenvalue weighted by Gasteiger charge is -2.38. The maximum atomic E-state index is 15.0. The lowest BCUT2D eigenvalue weighted by Crippen LogP contribution is -2.37. The average molecular weight is 768 g/mol. The number of aliphatic hydroxyl groups is 1. The van der Waals surface area contributed by atoms with Crippen LogP contribution < -0.4 is 13.8 Å². The number of aliphatic hydroxyl groups excluding tert-OH is 1. The van der Waals surface area contributed by atoms with E-state index in [0.29, 0.717) is 11.4 Å². The summed E-state index contributed by atoms with van der Waals surface area (Å²) in [6, 6.07) is 38.4. The Bertz CT molecular complexity index is 2100. The molecule has 5 aromatic rings. The third kappa shape index (κ3) is 10.2. The van der Waals surface area contributed by atoms with E-state index < -0.39 is 20.2 Å². The molecule has 12 heteroatoms. The number of rotatable bonds is 13. The van der Waals surface area contributed by atoms with E-state index in [2.05, 4.69) is 40.0 Å². The van der Waals surface area contributed by atoms with Crippen molar-refractivity contribution in [2.75, 3.05) is 13.1 Å². The van der Waals surface area contributed by atoms with Gasteiger partial charge in [0.05, 0.1) is 12.6 Å². The topological polar surface area (TPSA) is 83.8 Å². The summed E-state index contributed by atoms with van der Waals surface area (Å²) < 4.78 is 76.2. The summed E-state index contributed by atoms with van der Waals surface area (Å²) in [5.41, 5.74) is 5.05. The molecule has 0 spiro atoms. The van der Waals surface area contributed by atoms with Crippen LogP contribution in [-0.4, -0.2) is 40.2 Å². The van der Waals surface area contributed by atoms with Gasteiger partial charge >= 0.3 is 14.1 Å². The summed E-state index contributed by atoms with van der Waals surface area (Å²) in [4.78, 5) is 4.34. The molecule has 8 nitrogen and oxygen atoms in total. The van der Waals surface area contributed by atoms with E-state index >= 15 is 0 Å². The second-order valence-electron chi connectivity index (χ2n) is 13.5. The van der Waals surface area contributed by atoms with Gasteiger partial charge in [-0.1, -0.05) is 103 Å². The Morgan fingerprint density at radius 3 is 1.91 bits per heavy atom. The molecule has 5 aromatic carbocycles. The number of likely N-dealkylation sites (tertiary alicyclic amines) is 1. The zero-order valence-corrected chi connectivity index (χ0v) is 30.9. The summed E-state index contributed by atoms with van der Waals surface area (Å²) in [7, 11) is -4.38. The molecule has 1 atom stereocenters. The highest BCUT2D eigenvalue weighted by molar-refractivity contribution is 7.53. The summed E-state index contributed by atoms with van der Waals surface area (Å²) in [6.07, 6.45) is -0.216. The summed E-state index contributed by atoms with van der Waals surface area (Å²) in [5.74, 6) is 0.554. The molecule has 2 aliphatic heterocycles. The van der Waals surface area contributed by atoms with E-state index in [0.717, 1.165) is 41.9 Å². The van der Waals surface area contributed by atoms with Crippen molar-refractivity contribution in [1.82, 2.24) is 9.80 Å². The van der Waals surface area contributed by atoms with Gasteiger partial charge in [0.25, 0.3) is 0 Å². The SMILES string of the molecule is O=P(/N=C1/CC(c2ccc(CO)cc2)=CC(c2ccc(CN3CCCC3)cc2)N1Cc1cccc(OC(F)(F)F)c1)(Oc1ccccc1)Oc1ccccc1. The third-order valence-electron chi connectivity index (χ3n) is 9.46. The van der Waals surface area contributed by atoms with E-state index in [9.17, 15) is 22.8 Å². The first-order valence-corrected chi connectivity index (χ1v) is 19.6. The molecule has 0 bridgehead atoms. The van der Waals surface area contributed by atoms with Crippen molar-refractivity contribution in [3.05, 3.63) is 167 Å². The van der Waals surface area contributed by atoms with Crippen molar-refractivity contribution >= 4 is 19.2 Å². The summed E-state index contributed by atoms with van der Waals surface area (Å²) in [6.45, 7) is 2.93. The van der Waals surface area contributed by atoms with Gasteiger partial charge in [0.2, 0.25) is 0 Å². The molecule has 0 aromatic heterocycles. The van der Waals surface area contributed by atoms with Crippen LogP contribution in [0, 0.1) is 0 Å². The van der Waals surface area contributed by atoms with Crippen LogP contribution >= 0.6 is 7.75 Å². The molecule has 0 saturated carbocycles. The van der Waals surface area contributed by atoms with Gasteiger partial charge < -0.3 is 23.8 Å². The van der Waals surface area contributed by atoms with Crippen LogP contribution in [0.25, 0.3) is 5.57 Å². The number of alkyl halides is 3. The predicted octanol–water partition coefficient (Wildman–Crippen LogP) is 10.4. The molecule has 1 unspecified atom stereocenters. The molecule has 2 aliphatic rings. The smallest absolute Gasteiger partial charge is 0.406 e.